The zero-order chi connectivity index (χ0) is 30.1. The summed E-state index contributed by atoms with van der Waals surface area (Å²) in [4.78, 5) is 12.9. The number of phenols is 1. The van der Waals surface area contributed by atoms with Crippen molar-refractivity contribution in [1.29, 1.82) is 0 Å². The van der Waals surface area contributed by atoms with Crippen LogP contribution in [0.5, 0.6) is 17.2 Å². The highest BCUT2D eigenvalue weighted by Gasteiger charge is 2.23. The number of nitrogens with zero attached hydrogens (tertiary/aromatic N) is 4. The van der Waals surface area contributed by atoms with E-state index in [4.69, 9.17) is 9.47 Å². The molecule has 0 spiro atoms. The molecule has 1 heterocycles. The van der Waals surface area contributed by atoms with Gasteiger partial charge in [0.2, 0.25) is 6.23 Å². The number of carbonyl (C=O) groups is 1. The summed E-state index contributed by atoms with van der Waals surface area (Å²) in [6.07, 6.45) is 3.03. The smallest absolute Gasteiger partial charge is 0.360 e. The molecule has 0 saturated heterocycles. The van der Waals surface area contributed by atoms with Gasteiger partial charge < -0.3 is 19.7 Å². The lowest BCUT2D eigenvalue weighted by atomic mass is 9.92. The van der Waals surface area contributed by atoms with Crippen molar-refractivity contribution in [2.45, 2.75) is 51.2 Å². The lowest BCUT2D eigenvalue weighted by Crippen LogP contribution is -2.40. The van der Waals surface area contributed by atoms with Crippen LogP contribution in [0.25, 0.3) is 11.1 Å². The molecule has 0 amide bonds. The molecular formula is C31H36FN5O5. The Hall–Kier alpha value is -4.51. The molecule has 222 valence electrons. The summed E-state index contributed by atoms with van der Waals surface area (Å²) in [5.74, 6) is 0.290. The zero-order valence-corrected chi connectivity index (χ0v) is 24.0. The fourth-order valence-electron chi connectivity index (χ4n) is 4.74. The van der Waals surface area contributed by atoms with Crippen molar-refractivity contribution < 1.29 is 28.9 Å². The van der Waals surface area contributed by atoms with E-state index >= 15 is 0 Å². The van der Waals surface area contributed by atoms with E-state index in [1.165, 1.54) is 17.0 Å². The number of aliphatic carboxylic acids is 1. The molecule has 0 radical (unpaired) electrons. The minimum atomic E-state index is -1.09. The first-order chi connectivity index (χ1) is 20.3. The van der Waals surface area contributed by atoms with Crippen LogP contribution in [0, 0.1) is 5.82 Å². The molecule has 0 aliphatic rings. The predicted octanol–water partition coefficient (Wildman–Crippen LogP) is 5.40. The van der Waals surface area contributed by atoms with Crippen molar-refractivity contribution in [2.24, 2.45) is 0 Å². The van der Waals surface area contributed by atoms with Crippen LogP contribution in [0.4, 0.5) is 4.39 Å². The summed E-state index contributed by atoms with van der Waals surface area (Å²) in [6, 6.07) is 16.9. The van der Waals surface area contributed by atoms with E-state index in [2.05, 4.69) is 20.6 Å². The van der Waals surface area contributed by atoms with Gasteiger partial charge in [-0.3, -0.25) is 4.90 Å². The van der Waals surface area contributed by atoms with Gasteiger partial charge in [0.05, 0.1) is 6.61 Å². The molecule has 3 N–H and O–H groups in total. The summed E-state index contributed by atoms with van der Waals surface area (Å²) in [7, 11) is 3.28. The predicted molar refractivity (Wildman–Crippen MR) is 155 cm³/mol. The molecule has 4 rings (SSSR count). The number of carboxylic acid groups (broad SMARTS) is 1. The van der Waals surface area contributed by atoms with Crippen LogP contribution < -0.4 is 9.47 Å². The number of hydrogen-bond acceptors (Lipinski definition) is 8. The summed E-state index contributed by atoms with van der Waals surface area (Å²) in [5, 5.41) is 34.6. The fourth-order valence-corrected chi connectivity index (χ4v) is 4.74. The molecule has 4 aromatic rings. The second-order valence-corrected chi connectivity index (χ2v) is 10.2. The number of benzene rings is 3. The number of likely N-dealkylation sites (N-methyl/N-ethyl adjacent to an activating group) is 1. The van der Waals surface area contributed by atoms with Crippen LogP contribution in [0.2, 0.25) is 0 Å². The summed E-state index contributed by atoms with van der Waals surface area (Å²) in [5.41, 5.74) is 3.33. The van der Waals surface area contributed by atoms with Crippen LogP contribution in [0.1, 0.15) is 55.5 Å². The molecule has 1 aromatic heterocycles. The van der Waals surface area contributed by atoms with E-state index in [9.17, 15) is 19.4 Å². The molecule has 3 aromatic carbocycles. The third-order valence-electron chi connectivity index (χ3n) is 6.99. The van der Waals surface area contributed by atoms with Gasteiger partial charge in [0, 0.05) is 17.5 Å². The van der Waals surface area contributed by atoms with Crippen LogP contribution >= 0.6 is 0 Å². The molecule has 0 bridgehead atoms. The number of H-pyrrole nitrogens is 1. The molecule has 2 atom stereocenters. The topological polar surface area (TPSA) is 134 Å². The van der Waals surface area contributed by atoms with E-state index in [0.29, 0.717) is 29.5 Å². The van der Waals surface area contributed by atoms with E-state index in [0.717, 1.165) is 48.8 Å². The maximum atomic E-state index is 13.3. The number of nitrogens with one attached hydrogen (secondary N) is 1. The number of ether oxygens (including phenoxy) is 2. The zero-order valence-electron chi connectivity index (χ0n) is 24.0. The van der Waals surface area contributed by atoms with Crippen molar-refractivity contribution in [1.82, 2.24) is 25.5 Å². The quantitative estimate of drug-likeness (QED) is 0.125. The number of hydrogen-bond donors (Lipinski definition) is 3. The highest BCUT2D eigenvalue weighted by molar-refractivity contribution is 5.73. The van der Waals surface area contributed by atoms with Crippen LogP contribution in [-0.2, 0) is 11.2 Å². The Bertz CT molecular complexity index is 1430. The van der Waals surface area contributed by atoms with Gasteiger partial charge in [-0.2, -0.15) is 5.21 Å². The Labute approximate surface area is 244 Å². The standard InChI is InChI=1S/C31H36FN5O5/c1-4-20-18-26(22-9-13-23(32)14-10-22)27(38)19-28(20)41-17-7-5-6-8-25(29-33-35-36-34-29)21-11-15-24(16-12-21)42-30(31(39)40)37(2)3/h9-16,18-19,25,30,38H,4-8,17H2,1-3H3,(H,39,40)(H,33,34,35,36). The number of unbranched alkanes of at least 4 members (excludes halogenated alkanes) is 2. The Balaban J connectivity index is 1.32. The van der Waals surface area contributed by atoms with E-state index in [-0.39, 0.29) is 17.5 Å². The van der Waals surface area contributed by atoms with Gasteiger partial charge >= 0.3 is 5.97 Å². The number of rotatable bonds is 15. The second-order valence-electron chi connectivity index (χ2n) is 10.2. The summed E-state index contributed by atoms with van der Waals surface area (Å²) in [6.45, 7) is 2.52. The maximum absolute atomic E-state index is 13.3. The first-order valence-electron chi connectivity index (χ1n) is 13.9. The maximum Gasteiger partial charge on any atom is 0.360 e. The number of aryl methyl sites for hydroxylation is 1. The van der Waals surface area contributed by atoms with Crippen molar-refractivity contribution in [3.8, 4) is 28.4 Å². The summed E-state index contributed by atoms with van der Waals surface area (Å²) < 4.78 is 25.0. The molecule has 11 heteroatoms. The molecular weight excluding hydrogens is 541 g/mol. The average Bonchev–Trinajstić information content (AvgIpc) is 3.51. The molecule has 0 fully saturated rings. The normalized spacial score (nSPS) is 12.7. The van der Waals surface area contributed by atoms with Gasteiger partial charge in [0.25, 0.3) is 0 Å². The minimum Gasteiger partial charge on any atom is -0.507 e. The third-order valence-corrected chi connectivity index (χ3v) is 6.99. The SMILES string of the molecule is CCc1cc(-c2ccc(F)cc2)c(O)cc1OCCCCCC(c1ccc(OC(C(=O)O)N(C)C)cc1)c1nn[nH]n1. The number of tetrazole rings is 1. The van der Waals surface area contributed by atoms with Crippen LogP contribution in [0.15, 0.2) is 60.7 Å². The van der Waals surface area contributed by atoms with Crippen LogP contribution in [0.3, 0.4) is 0 Å². The largest absolute Gasteiger partial charge is 0.507 e. The number of aromatic amines is 1. The highest BCUT2D eigenvalue weighted by Crippen LogP contribution is 2.36. The Kier molecular flexibility index (Phi) is 10.4. The second kappa shape index (κ2) is 14.4. The molecule has 0 saturated carbocycles. The highest BCUT2D eigenvalue weighted by atomic mass is 19.1. The van der Waals surface area contributed by atoms with Gasteiger partial charge in [-0.1, -0.05) is 49.2 Å². The molecule has 10 nitrogen and oxygen atoms in total. The number of carboxylic acids is 1. The number of aromatic hydroxyl groups is 1. The third kappa shape index (κ3) is 7.82. The van der Waals surface area contributed by atoms with Crippen molar-refractivity contribution >= 4 is 5.97 Å². The monoisotopic (exact) mass is 577 g/mol. The van der Waals surface area contributed by atoms with Crippen molar-refractivity contribution in [3.05, 3.63) is 83.4 Å². The van der Waals surface area contributed by atoms with Gasteiger partial charge in [-0.15, -0.1) is 10.2 Å². The average molecular weight is 578 g/mol. The fraction of sp³-hybridized carbons (Fsp3) is 0.355. The Morgan fingerprint density at radius 3 is 2.40 bits per heavy atom. The van der Waals surface area contributed by atoms with Crippen molar-refractivity contribution in [2.75, 3.05) is 20.7 Å². The first-order valence-corrected chi connectivity index (χ1v) is 13.9. The molecule has 42 heavy (non-hydrogen) atoms. The number of aromatic nitrogens is 4. The van der Waals surface area contributed by atoms with Gasteiger partial charge in [0.15, 0.2) is 5.82 Å². The molecule has 0 aliphatic carbocycles. The molecule has 0 aliphatic heterocycles. The van der Waals surface area contributed by atoms with Gasteiger partial charge in [-0.25, -0.2) is 9.18 Å². The minimum absolute atomic E-state index is 0.0911. The number of halogens is 1. The molecule has 2 unspecified atom stereocenters. The lowest BCUT2D eigenvalue weighted by molar-refractivity contribution is -0.152. The van der Waals surface area contributed by atoms with Gasteiger partial charge in [0.1, 0.15) is 23.1 Å². The lowest BCUT2D eigenvalue weighted by Gasteiger charge is -2.21. The Morgan fingerprint density at radius 1 is 1.05 bits per heavy atom. The first kappa shape index (κ1) is 30.4. The van der Waals surface area contributed by atoms with Gasteiger partial charge in [-0.05, 0) is 80.4 Å². The number of phenolic OH excluding ortho intramolecular Hbond substituents is 1. The Morgan fingerprint density at radius 2 is 1.79 bits per heavy atom. The van der Waals surface area contributed by atoms with E-state index in [1.54, 1.807) is 44.4 Å². The van der Waals surface area contributed by atoms with E-state index < -0.39 is 12.2 Å². The van der Waals surface area contributed by atoms with Crippen LogP contribution in [-0.4, -0.2) is 68.6 Å². The van der Waals surface area contributed by atoms with E-state index in [1.807, 2.05) is 25.1 Å². The van der Waals surface area contributed by atoms with Crippen molar-refractivity contribution in [3.63, 3.8) is 0 Å². The summed E-state index contributed by atoms with van der Waals surface area (Å²) >= 11 is 0.